The van der Waals surface area contributed by atoms with Crippen molar-refractivity contribution in [1.29, 1.82) is 0 Å². The zero-order valence-electron chi connectivity index (χ0n) is 11.1. The quantitative estimate of drug-likeness (QED) is 0.330. The number of rotatable bonds is 10. The average molecular weight is 324 g/mol. The van der Waals surface area contributed by atoms with E-state index in [0.29, 0.717) is 0 Å². The van der Waals surface area contributed by atoms with E-state index in [9.17, 15) is 32.8 Å². The highest BCUT2D eigenvalue weighted by molar-refractivity contribution is 6.17. The highest BCUT2D eigenvalue weighted by atomic mass is 19.1. The molecule has 0 aromatic heterocycles. The van der Waals surface area contributed by atoms with Crippen molar-refractivity contribution in [2.24, 2.45) is 11.5 Å². The van der Waals surface area contributed by atoms with E-state index in [2.05, 4.69) is 0 Å². The summed E-state index contributed by atoms with van der Waals surface area (Å²) in [6, 6.07) is -3.79. The minimum Gasteiger partial charge on any atom is -0.481 e. The molecule has 11 heteroatoms. The standard InChI is InChI=1S/C11H14F2N2O7/c12-7(9(20)3(14)1-5(16)17)11(22)8(13)10(21)4(15)2-6(18)19/h3-4,7-8H,1-2,14-15H2,(H,16,17)(H,18,19)/t3-,4-,7?,8?/m0/s1. The molecule has 0 aliphatic carbocycles. The molecule has 0 saturated heterocycles. The number of nitrogens with two attached hydrogens (primary N) is 2. The van der Waals surface area contributed by atoms with Crippen LogP contribution in [0.3, 0.4) is 0 Å². The van der Waals surface area contributed by atoms with Gasteiger partial charge in [0.05, 0.1) is 24.9 Å². The van der Waals surface area contributed by atoms with Crippen LogP contribution in [0.1, 0.15) is 12.8 Å². The second kappa shape index (κ2) is 8.24. The zero-order chi connectivity index (χ0) is 17.6. The topological polar surface area (TPSA) is 178 Å². The highest BCUT2D eigenvalue weighted by Gasteiger charge is 2.40. The summed E-state index contributed by atoms with van der Waals surface area (Å²) in [5, 5.41) is 16.7. The molecule has 0 spiro atoms. The number of hydrogen-bond acceptors (Lipinski definition) is 7. The van der Waals surface area contributed by atoms with Gasteiger partial charge in [0.2, 0.25) is 18.1 Å². The van der Waals surface area contributed by atoms with E-state index in [4.69, 9.17) is 21.7 Å². The normalized spacial score (nSPS) is 16.2. The fourth-order valence-electron chi connectivity index (χ4n) is 1.36. The molecule has 0 aliphatic rings. The molecule has 0 rings (SSSR count). The third-order valence-corrected chi connectivity index (χ3v) is 2.52. The van der Waals surface area contributed by atoms with Crippen molar-refractivity contribution < 1.29 is 43.0 Å². The molecular formula is C11H14F2N2O7. The summed E-state index contributed by atoms with van der Waals surface area (Å²) in [6.07, 6.45) is -8.28. The minimum absolute atomic E-state index is 0.990. The Morgan fingerprint density at radius 1 is 0.727 bits per heavy atom. The molecule has 0 aliphatic heterocycles. The van der Waals surface area contributed by atoms with Gasteiger partial charge in [-0.1, -0.05) is 0 Å². The Balaban J connectivity index is 4.86. The Labute approximate surface area is 122 Å². The minimum atomic E-state index is -3.15. The van der Waals surface area contributed by atoms with Crippen LogP contribution in [-0.4, -0.2) is 63.9 Å². The Hall–Kier alpha value is -2.27. The van der Waals surface area contributed by atoms with Crippen LogP contribution in [0.25, 0.3) is 0 Å². The molecule has 2 unspecified atom stereocenters. The van der Waals surface area contributed by atoms with Gasteiger partial charge in [0.15, 0.2) is 11.6 Å². The first kappa shape index (κ1) is 19.7. The van der Waals surface area contributed by atoms with Crippen molar-refractivity contribution in [1.82, 2.24) is 0 Å². The predicted octanol–water partition coefficient (Wildman–Crippen LogP) is -2.03. The highest BCUT2D eigenvalue weighted by Crippen LogP contribution is 2.10. The lowest BCUT2D eigenvalue weighted by Gasteiger charge is -2.15. The number of aliphatic carboxylic acids is 2. The van der Waals surface area contributed by atoms with Crippen molar-refractivity contribution in [3.05, 3.63) is 0 Å². The van der Waals surface area contributed by atoms with Gasteiger partial charge >= 0.3 is 11.9 Å². The van der Waals surface area contributed by atoms with Crippen LogP contribution in [-0.2, 0) is 24.0 Å². The molecule has 0 aromatic carbocycles. The van der Waals surface area contributed by atoms with Gasteiger partial charge in [-0.05, 0) is 0 Å². The summed E-state index contributed by atoms with van der Waals surface area (Å²) in [7, 11) is 0. The van der Waals surface area contributed by atoms with Crippen LogP contribution in [0.4, 0.5) is 8.78 Å². The molecule has 0 saturated carbocycles. The van der Waals surface area contributed by atoms with Crippen LogP contribution in [0.2, 0.25) is 0 Å². The molecular weight excluding hydrogens is 310 g/mol. The smallest absolute Gasteiger partial charge is 0.305 e. The lowest BCUT2D eigenvalue weighted by molar-refractivity contribution is -0.146. The summed E-state index contributed by atoms with van der Waals surface area (Å²) >= 11 is 0. The Morgan fingerprint density at radius 3 is 1.23 bits per heavy atom. The second-order valence-electron chi connectivity index (χ2n) is 4.34. The summed E-state index contributed by atoms with van der Waals surface area (Å²) in [5.41, 5.74) is 10.1. The monoisotopic (exact) mass is 324 g/mol. The molecule has 124 valence electrons. The maximum absolute atomic E-state index is 13.5. The first-order valence-electron chi connectivity index (χ1n) is 5.83. The number of carbonyl (C=O) groups excluding carboxylic acids is 3. The largest absolute Gasteiger partial charge is 0.481 e. The summed E-state index contributed by atoms with van der Waals surface area (Å²) in [5.74, 6) is -8.59. The van der Waals surface area contributed by atoms with Gasteiger partial charge in [-0.3, -0.25) is 24.0 Å². The van der Waals surface area contributed by atoms with Gasteiger partial charge in [0.1, 0.15) is 0 Å². The van der Waals surface area contributed by atoms with Crippen LogP contribution < -0.4 is 11.5 Å². The Morgan fingerprint density at radius 2 is 1.00 bits per heavy atom. The third kappa shape index (κ3) is 5.61. The van der Waals surface area contributed by atoms with E-state index in [1.807, 2.05) is 0 Å². The lowest BCUT2D eigenvalue weighted by atomic mass is 9.96. The van der Waals surface area contributed by atoms with Crippen molar-refractivity contribution >= 4 is 29.3 Å². The van der Waals surface area contributed by atoms with Gasteiger partial charge in [0, 0.05) is 0 Å². The molecule has 0 heterocycles. The number of carboxylic acids is 2. The molecule has 0 radical (unpaired) electrons. The van der Waals surface area contributed by atoms with Crippen LogP contribution in [0.15, 0.2) is 0 Å². The molecule has 4 atom stereocenters. The fourth-order valence-corrected chi connectivity index (χ4v) is 1.36. The van der Waals surface area contributed by atoms with Crippen LogP contribution in [0, 0.1) is 0 Å². The van der Waals surface area contributed by atoms with E-state index >= 15 is 0 Å². The number of hydrogen-bond donors (Lipinski definition) is 4. The molecule has 22 heavy (non-hydrogen) atoms. The molecule has 0 fully saturated rings. The van der Waals surface area contributed by atoms with Crippen molar-refractivity contribution in [3.8, 4) is 0 Å². The van der Waals surface area contributed by atoms with Gasteiger partial charge < -0.3 is 21.7 Å². The summed E-state index contributed by atoms with van der Waals surface area (Å²) in [6.45, 7) is 0. The van der Waals surface area contributed by atoms with E-state index in [0.717, 1.165) is 0 Å². The first-order chi connectivity index (χ1) is 9.98. The maximum Gasteiger partial charge on any atom is 0.305 e. The SMILES string of the molecule is N[C@@H](CC(=O)O)C(=O)C(F)C(=O)C(F)C(=O)[C@@H](N)CC(=O)O. The summed E-state index contributed by atoms with van der Waals surface area (Å²) in [4.78, 5) is 54.5. The number of alkyl halides is 2. The number of Topliss-reactive ketones (excluding diaryl/α,β-unsaturated/α-hetero) is 3. The van der Waals surface area contributed by atoms with Crippen molar-refractivity contribution in [2.75, 3.05) is 0 Å². The van der Waals surface area contributed by atoms with Crippen LogP contribution >= 0.6 is 0 Å². The molecule has 0 amide bonds. The van der Waals surface area contributed by atoms with Gasteiger partial charge in [-0.2, -0.15) is 0 Å². The van der Waals surface area contributed by atoms with E-state index in [1.165, 1.54) is 0 Å². The zero-order valence-corrected chi connectivity index (χ0v) is 11.1. The molecule has 0 aromatic rings. The fraction of sp³-hybridized carbons (Fsp3) is 0.545. The van der Waals surface area contributed by atoms with E-state index in [-0.39, 0.29) is 0 Å². The average Bonchev–Trinajstić information content (AvgIpc) is 2.41. The number of carboxylic acid groups (broad SMARTS) is 2. The van der Waals surface area contributed by atoms with Crippen molar-refractivity contribution in [3.63, 3.8) is 0 Å². The molecule has 0 bridgehead atoms. The number of carbonyl (C=O) groups is 5. The van der Waals surface area contributed by atoms with Crippen molar-refractivity contribution in [2.45, 2.75) is 37.3 Å². The van der Waals surface area contributed by atoms with Gasteiger partial charge in [-0.25, -0.2) is 8.78 Å². The number of ketones is 3. The third-order valence-electron chi connectivity index (χ3n) is 2.52. The Bertz CT molecular complexity index is 455. The van der Waals surface area contributed by atoms with E-state index in [1.54, 1.807) is 0 Å². The molecule has 9 nitrogen and oxygen atoms in total. The van der Waals surface area contributed by atoms with E-state index < -0.39 is 66.6 Å². The number of halogens is 2. The van der Waals surface area contributed by atoms with Crippen LogP contribution in [0.5, 0.6) is 0 Å². The molecule has 6 N–H and O–H groups in total. The first-order valence-corrected chi connectivity index (χ1v) is 5.83. The predicted molar refractivity (Wildman–Crippen MR) is 65.3 cm³/mol. The maximum atomic E-state index is 13.5. The van der Waals surface area contributed by atoms with Gasteiger partial charge in [0.25, 0.3) is 0 Å². The Kier molecular flexibility index (Phi) is 7.39. The lowest BCUT2D eigenvalue weighted by Crippen LogP contribution is -2.48. The van der Waals surface area contributed by atoms with Gasteiger partial charge in [-0.15, -0.1) is 0 Å². The second-order valence-corrected chi connectivity index (χ2v) is 4.34. The summed E-state index contributed by atoms with van der Waals surface area (Å²) < 4.78 is 27.0.